The summed E-state index contributed by atoms with van der Waals surface area (Å²) < 4.78 is 18.5. The molecule has 0 amide bonds. The second-order valence-corrected chi connectivity index (χ2v) is 5.13. The van der Waals surface area contributed by atoms with E-state index in [1.54, 1.807) is 6.20 Å². The SMILES string of the molecule is Cl.F[C@@H]1CN[C@@H](c2nc(-c3nccc4ccccc34)no2)C1. The molecule has 0 spiro atoms. The Morgan fingerprint density at radius 2 is 2.09 bits per heavy atom. The number of alkyl halides is 1. The summed E-state index contributed by atoms with van der Waals surface area (Å²) in [6, 6.07) is 9.62. The van der Waals surface area contributed by atoms with Crippen LogP contribution in [-0.4, -0.2) is 27.8 Å². The lowest BCUT2D eigenvalue weighted by Gasteiger charge is -2.02. The fraction of sp³-hybridized carbons (Fsp3) is 0.267. The summed E-state index contributed by atoms with van der Waals surface area (Å²) in [4.78, 5) is 8.73. The molecular formula is C15H14ClFN4O. The Morgan fingerprint density at radius 1 is 1.23 bits per heavy atom. The Kier molecular flexibility index (Phi) is 4.04. The predicted octanol–water partition coefficient (Wildman–Crippen LogP) is 3.08. The normalized spacial score (nSPS) is 21.0. The third-order valence-corrected chi connectivity index (χ3v) is 3.70. The maximum atomic E-state index is 13.2. The van der Waals surface area contributed by atoms with Crippen LogP contribution in [0, 0.1) is 0 Å². The fourth-order valence-electron chi connectivity index (χ4n) is 2.65. The Hall–Kier alpha value is -2.05. The van der Waals surface area contributed by atoms with Crippen molar-refractivity contribution in [1.29, 1.82) is 0 Å². The zero-order valence-electron chi connectivity index (χ0n) is 11.6. The number of fused-ring (bicyclic) bond motifs is 1. The molecule has 0 unspecified atom stereocenters. The number of halogens is 2. The first-order valence-corrected chi connectivity index (χ1v) is 6.86. The first-order chi connectivity index (χ1) is 10.3. The Morgan fingerprint density at radius 3 is 2.91 bits per heavy atom. The molecule has 3 heterocycles. The minimum atomic E-state index is -0.860. The van der Waals surface area contributed by atoms with Crippen LogP contribution >= 0.6 is 12.4 Å². The highest BCUT2D eigenvalue weighted by Gasteiger charge is 2.29. The van der Waals surface area contributed by atoms with Crippen molar-refractivity contribution in [3.05, 3.63) is 42.4 Å². The van der Waals surface area contributed by atoms with Crippen LogP contribution < -0.4 is 5.32 Å². The van der Waals surface area contributed by atoms with Gasteiger partial charge in [-0.3, -0.25) is 4.98 Å². The Balaban J connectivity index is 0.00000144. The van der Waals surface area contributed by atoms with Crippen LogP contribution in [0.15, 0.2) is 41.1 Å². The molecule has 1 aromatic carbocycles. The van der Waals surface area contributed by atoms with Gasteiger partial charge in [-0.2, -0.15) is 4.98 Å². The maximum absolute atomic E-state index is 13.2. The minimum Gasteiger partial charge on any atom is -0.337 e. The van der Waals surface area contributed by atoms with Crippen molar-refractivity contribution in [3.63, 3.8) is 0 Å². The molecule has 3 aromatic rings. The summed E-state index contributed by atoms with van der Waals surface area (Å²) >= 11 is 0. The van der Waals surface area contributed by atoms with Crippen LogP contribution in [-0.2, 0) is 0 Å². The number of nitrogens with one attached hydrogen (secondary N) is 1. The number of hydrogen-bond acceptors (Lipinski definition) is 5. The van der Waals surface area contributed by atoms with Crippen molar-refractivity contribution in [2.75, 3.05) is 6.54 Å². The molecule has 1 N–H and O–H groups in total. The van der Waals surface area contributed by atoms with Gasteiger partial charge in [0.2, 0.25) is 11.7 Å². The number of benzene rings is 1. The van der Waals surface area contributed by atoms with E-state index >= 15 is 0 Å². The van der Waals surface area contributed by atoms with Gasteiger partial charge in [-0.1, -0.05) is 29.4 Å². The summed E-state index contributed by atoms with van der Waals surface area (Å²) in [6.07, 6.45) is 1.23. The third kappa shape index (κ3) is 2.55. The smallest absolute Gasteiger partial charge is 0.244 e. The van der Waals surface area contributed by atoms with Gasteiger partial charge in [0.25, 0.3) is 0 Å². The lowest BCUT2D eigenvalue weighted by Crippen LogP contribution is -2.14. The van der Waals surface area contributed by atoms with Gasteiger partial charge in [-0.25, -0.2) is 4.39 Å². The molecule has 0 bridgehead atoms. The number of aromatic nitrogens is 3. The summed E-state index contributed by atoms with van der Waals surface area (Å²) in [5.41, 5.74) is 0.679. The zero-order chi connectivity index (χ0) is 14.2. The molecule has 4 rings (SSSR count). The molecule has 5 nitrogen and oxygen atoms in total. The van der Waals surface area contributed by atoms with Crippen LogP contribution in [0.2, 0.25) is 0 Å². The van der Waals surface area contributed by atoms with E-state index in [2.05, 4.69) is 20.4 Å². The second kappa shape index (κ2) is 5.98. The van der Waals surface area contributed by atoms with E-state index < -0.39 is 6.17 Å². The van der Waals surface area contributed by atoms with Gasteiger partial charge in [0.1, 0.15) is 11.9 Å². The van der Waals surface area contributed by atoms with E-state index in [1.807, 2.05) is 30.3 Å². The van der Waals surface area contributed by atoms with Crippen LogP contribution in [0.5, 0.6) is 0 Å². The van der Waals surface area contributed by atoms with E-state index in [0.717, 1.165) is 10.8 Å². The molecule has 7 heteroatoms. The lowest BCUT2D eigenvalue weighted by molar-refractivity contribution is 0.324. The molecule has 0 saturated carbocycles. The van der Waals surface area contributed by atoms with Crippen LogP contribution in [0.25, 0.3) is 22.3 Å². The standard InChI is InChI=1S/C15H13FN4O.ClH/c16-10-7-12(18-8-10)15-19-14(20-21-15)13-11-4-2-1-3-9(11)5-6-17-13;/h1-6,10,12,18H,7-8H2;1H/t10-,12+;/m0./s1. The number of pyridine rings is 1. The quantitative estimate of drug-likeness (QED) is 0.786. The van der Waals surface area contributed by atoms with Crippen molar-refractivity contribution < 1.29 is 8.91 Å². The molecular weight excluding hydrogens is 307 g/mol. The van der Waals surface area contributed by atoms with E-state index in [-0.39, 0.29) is 18.4 Å². The molecule has 2 atom stereocenters. The van der Waals surface area contributed by atoms with Gasteiger partial charge in [-0.15, -0.1) is 12.4 Å². The highest BCUT2D eigenvalue weighted by molar-refractivity contribution is 5.92. The van der Waals surface area contributed by atoms with Gasteiger partial charge < -0.3 is 9.84 Å². The second-order valence-electron chi connectivity index (χ2n) is 5.13. The maximum Gasteiger partial charge on any atom is 0.244 e. The van der Waals surface area contributed by atoms with Crippen molar-refractivity contribution in [2.24, 2.45) is 0 Å². The third-order valence-electron chi connectivity index (χ3n) is 3.70. The van der Waals surface area contributed by atoms with Crippen molar-refractivity contribution in [2.45, 2.75) is 18.6 Å². The number of hydrogen-bond donors (Lipinski definition) is 1. The predicted molar refractivity (Wildman–Crippen MR) is 82.5 cm³/mol. The summed E-state index contributed by atoms with van der Waals surface area (Å²) in [5.74, 6) is 0.853. The van der Waals surface area contributed by atoms with Crippen LogP contribution in [0.4, 0.5) is 4.39 Å². The van der Waals surface area contributed by atoms with Gasteiger partial charge in [0, 0.05) is 24.5 Å². The monoisotopic (exact) mass is 320 g/mol. The Labute approximate surface area is 132 Å². The van der Waals surface area contributed by atoms with E-state index in [9.17, 15) is 4.39 Å². The van der Waals surface area contributed by atoms with Crippen molar-refractivity contribution in [1.82, 2.24) is 20.4 Å². The number of rotatable bonds is 2. The van der Waals surface area contributed by atoms with Gasteiger partial charge in [-0.05, 0) is 11.5 Å². The molecule has 0 radical (unpaired) electrons. The molecule has 2 aromatic heterocycles. The molecule has 1 aliphatic rings. The largest absolute Gasteiger partial charge is 0.337 e. The first kappa shape index (κ1) is 14.9. The van der Waals surface area contributed by atoms with Crippen LogP contribution in [0.1, 0.15) is 18.4 Å². The Bertz CT molecular complexity index is 789. The molecule has 114 valence electrons. The summed E-state index contributed by atoms with van der Waals surface area (Å²) in [5, 5.41) is 9.06. The number of nitrogens with zero attached hydrogens (tertiary/aromatic N) is 3. The van der Waals surface area contributed by atoms with E-state index in [0.29, 0.717) is 30.4 Å². The first-order valence-electron chi connectivity index (χ1n) is 6.86. The molecule has 1 aliphatic heterocycles. The molecule has 0 aliphatic carbocycles. The average molecular weight is 321 g/mol. The molecule has 1 fully saturated rings. The minimum absolute atomic E-state index is 0. The van der Waals surface area contributed by atoms with Crippen LogP contribution in [0.3, 0.4) is 0 Å². The van der Waals surface area contributed by atoms with Gasteiger partial charge >= 0.3 is 0 Å². The topological polar surface area (TPSA) is 63.8 Å². The van der Waals surface area contributed by atoms with Gasteiger partial charge in [0.15, 0.2) is 0 Å². The van der Waals surface area contributed by atoms with E-state index in [1.165, 1.54) is 0 Å². The van der Waals surface area contributed by atoms with E-state index in [4.69, 9.17) is 4.52 Å². The average Bonchev–Trinajstić information content (AvgIpc) is 3.15. The highest BCUT2D eigenvalue weighted by atomic mass is 35.5. The lowest BCUT2D eigenvalue weighted by atomic mass is 10.1. The summed E-state index contributed by atoms with van der Waals surface area (Å²) in [6.45, 7) is 0.328. The van der Waals surface area contributed by atoms with Crippen molar-refractivity contribution in [3.8, 4) is 11.5 Å². The molecule has 22 heavy (non-hydrogen) atoms. The molecule has 1 saturated heterocycles. The zero-order valence-corrected chi connectivity index (χ0v) is 12.4. The fourth-order valence-corrected chi connectivity index (χ4v) is 2.65. The highest BCUT2D eigenvalue weighted by Crippen LogP contribution is 2.28. The summed E-state index contributed by atoms with van der Waals surface area (Å²) in [7, 11) is 0. The van der Waals surface area contributed by atoms with Crippen molar-refractivity contribution >= 4 is 23.2 Å². The van der Waals surface area contributed by atoms with Gasteiger partial charge in [0.05, 0.1) is 6.04 Å².